The van der Waals surface area contributed by atoms with Gasteiger partial charge in [-0.2, -0.15) is 0 Å². The highest BCUT2D eigenvalue weighted by molar-refractivity contribution is 6.46. The number of nitrogens with one attached hydrogen (secondary N) is 1. The van der Waals surface area contributed by atoms with Gasteiger partial charge in [0.2, 0.25) is 0 Å². The van der Waals surface area contributed by atoms with Crippen LogP contribution >= 0.6 is 11.6 Å². The highest BCUT2D eigenvalue weighted by atomic mass is 35.5. The van der Waals surface area contributed by atoms with Gasteiger partial charge in [-0.15, -0.1) is 0 Å². The third-order valence-corrected chi connectivity index (χ3v) is 5.57. The summed E-state index contributed by atoms with van der Waals surface area (Å²) < 4.78 is 13.4. The van der Waals surface area contributed by atoms with Crippen LogP contribution in [-0.4, -0.2) is 11.8 Å². The van der Waals surface area contributed by atoms with Gasteiger partial charge in [0.25, 0.3) is 11.8 Å². The third-order valence-electron chi connectivity index (χ3n) is 5.32. The van der Waals surface area contributed by atoms with Gasteiger partial charge in [-0.05, 0) is 65.1 Å². The first kappa shape index (κ1) is 21.8. The molecule has 32 heavy (non-hydrogen) atoms. The first-order chi connectivity index (χ1) is 15.1. The van der Waals surface area contributed by atoms with Gasteiger partial charge < -0.3 is 5.32 Å². The predicted molar refractivity (Wildman–Crippen MR) is 126 cm³/mol. The number of benzene rings is 3. The van der Waals surface area contributed by atoms with Crippen molar-refractivity contribution in [2.24, 2.45) is 0 Å². The number of imide groups is 1. The van der Waals surface area contributed by atoms with Gasteiger partial charge in [-0.1, -0.05) is 56.6 Å². The van der Waals surface area contributed by atoms with Crippen LogP contribution in [0.25, 0.3) is 5.57 Å². The Kier molecular flexibility index (Phi) is 5.61. The highest BCUT2D eigenvalue weighted by Gasteiger charge is 2.40. The zero-order chi connectivity index (χ0) is 23.0. The quantitative estimate of drug-likeness (QED) is 0.485. The van der Waals surface area contributed by atoms with Crippen molar-refractivity contribution in [3.63, 3.8) is 0 Å². The maximum absolute atomic E-state index is 13.4. The number of amides is 2. The summed E-state index contributed by atoms with van der Waals surface area (Å²) >= 11 is 6.01. The Morgan fingerprint density at radius 1 is 0.812 bits per heavy atom. The molecule has 6 heteroatoms. The predicted octanol–water partition coefficient (Wildman–Crippen LogP) is 6.17. The summed E-state index contributed by atoms with van der Waals surface area (Å²) in [7, 11) is 0. The van der Waals surface area contributed by atoms with Gasteiger partial charge in [0, 0.05) is 10.7 Å². The van der Waals surface area contributed by atoms with Crippen molar-refractivity contribution in [3.8, 4) is 0 Å². The van der Waals surface area contributed by atoms with Gasteiger partial charge >= 0.3 is 0 Å². The first-order valence-electron chi connectivity index (χ1n) is 10.2. The minimum absolute atomic E-state index is 0.00914. The molecular weight excluding hydrogens is 427 g/mol. The second-order valence-corrected chi connectivity index (χ2v) is 9.07. The molecule has 162 valence electrons. The van der Waals surface area contributed by atoms with E-state index in [0.29, 0.717) is 22.0 Å². The van der Waals surface area contributed by atoms with E-state index in [1.807, 2.05) is 24.3 Å². The van der Waals surface area contributed by atoms with Crippen LogP contribution < -0.4 is 10.2 Å². The number of rotatable bonds is 4. The molecule has 3 aromatic rings. The standard InChI is InChI=1S/C26H22ClFN2O2/c1-26(2,3)17-6-12-20(13-7-17)29-23-22(16-4-8-18(27)9-5-16)24(31)30(25(23)32)21-14-10-19(28)11-15-21/h4-15,29H,1-3H3. The van der Waals surface area contributed by atoms with Crippen molar-refractivity contribution in [1.29, 1.82) is 0 Å². The highest BCUT2D eigenvalue weighted by Crippen LogP contribution is 2.34. The van der Waals surface area contributed by atoms with E-state index in [0.717, 1.165) is 10.5 Å². The fourth-order valence-corrected chi connectivity index (χ4v) is 3.68. The summed E-state index contributed by atoms with van der Waals surface area (Å²) in [6.07, 6.45) is 0. The van der Waals surface area contributed by atoms with Crippen molar-refractivity contribution < 1.29 is 14.0 Å². The summed E-state index contributed by atoms with van der Waals surface area (Å²) in [5.41, 5.74) is 3.07. The summed E-state index contributed by atoms with van der Waals surface area (Å²) in [5.74, 6) is -1.44. The molecule has 0 saturated heterocycles. The van der Waals surface area contributed by atoms with E-state index >= 15 is 0 Å². The lowest BCUT2D eigenvalue weighted by Gasteiger charge is -2.19. The van der Waals surface area contributed by atoms with Crippen molar-refractivity contribution in [2.45, 2.75) is 26.2 Å². The van der Waals surface area contributed by atoms with Crippen molar-refractivity contribution in [3.05, 3.63) is 100 Å². The van der Waals surface area contributed by atoms with Crippen LogP contribution in [0, 0.1) is 5.82 Å². The molecular formula is C26H22ClFN2O2. The van der Waals surface area contributed by atoms with Crippen LogP contribution in [0.5, 0.6) is 0 Å². The van der Waals surface area contributed by atoms with E-state index in [2.05, 4.69) is 26.1 Å². The summed E-state index contributed by atoms with van der Waals surface area (Å²) in [6.45, 7) is 6.36. The van der Waals surface area contributed by atoms with Gasteiger partial charge in [0.05, 0.1) is 11.3 Å². The maximum Gasteiger partial charge on any atom is 0.282 e. The normalized spacial score (nSPS) is 14.3. The smallest absolute Gasteiger partial charge is 0.282 e. The molecule has 0 aliphatic carbocycles. The Bertz CT molecular complexity index is 1210. The number of carbonyl (C=O) groups excluding carboxylic acids is 2. The molecule has 0 fully saturated rings. The van der Waals surface area contributed by atoms with Crippen LogP contribution in [0.4, 0.5) is 15.8 Å². The van der Waals surface area contributed by atoms with Crippen LogP contribution in [0.1, 0.15) is 31.9 Å². The molecule has 4 nitrogen and oxygen atoms in total. The number of nitrogens with zero attached hydrogens (tertiary/aromatic N) is 1. The second kappa shape index (κ2) is 8.24. The maximum atomic E-state index is 13.4. The van der Waals surface area contributed by atoms with Crippen LogP contribution in [0.2, 0.25) is 5.02 Å². The molecule has 0 unspecified atom stereocenters. The molecule has 1 heterocycles. The molecule has 3 aromatic carbocycles. The van der Waals surface area contributed by atoms with E-state index in [4.69, 9.17) is 11.6 Å². The van der Waals surface area contributed by atoms with E-state index < -0.39 is 17.6 Å². The summed E-state index contributed by atoms with van der Waals surface area (Å²) in [6, 6.07) is 19.7. The lowest BCUT2D eigenvalue weighted by atomic mass is 9.87. The second-order valence-electron chi connectivity index (χ2n) is 8.63. The number of anilines is 2. The molecule has 1 aliphatic rings. The van der Waals surface area contributed by atoms with E-state index in [-0.39, 0.29) is 16.7 Å². The van der Waals surface area contributed by atoms with Gasteiger partial charge in [0.1, 0.15) is 11.5 Å². The number of halogens is 2. The molecule has 1 aliphatic heterocycles. The number of carbonyl (C=O) groups is 2. The number of hydrogen-bond donors (Lipinski definition) is 1. The van der Waals surface area contributed by atoms with E-state index in [9.17, 15) is 14.0 Å². The molecule has 0 bridgehead atoms. The third kappa shape index (κ3) is 4.16. The molecule has 0 radical (unpaired) electrons. The topological polar surface area (TPSA) is 49.4 Å². The average Bonchev–Trinajstić information content (AvgIpc) is 2.99. The Morgan fingerprint density at radius 3 is 1.97 bits per heavy atom. The Labute approximate surface area is 191 Å². The molecule has 1 N–H and O–H groups in total. The molecule has 4 rings (SSSR count). The van der Waals surface area contributed by atoms with E-state index in [1.165, 1.54) is 24.3 Å². The summed E-state index contributed by atoms with van der Waals surface area (Å²) in [4.78, 5) is 27.8. The van der Waals surface area contributed by atoms with Crippen LogP contribution in [0.3, 0.4) is 0 Å². The van der Waals surface area contributed by atoms with Crippen molar-refractivity contribution in [2.75, 3.05) is 10.2 Å². The zero-order valence-corrected chi connectivity index (χ0v) is 18.7. The lowest BCUT2D eigenvalue weighted by molar-refractivity contribution is -0.120. The van der Waals surface area contributed by atoms with Gasteiger partial charge in [-0.3, -0.25) is 9.59 Å². The Balaban J connectivity index is 1.77. The molecule has 2 amide bonds. The molecule has 0 aromatic heterocycles. The molecule has 0 saturated carbocycles. The number of hydrogen-bond acceptors (Lipinski definition) is 3. The minimum Gasteiger partial charge on any atom is -0.350 e. The van der Waals surface area contributed by atoms with Gasteiger partial charge in [-0.25, -0.2) is 9.29 Å². The SMILES string of the molecule is CC(C)(C)c1ccc(NC2=C(c3ccc(Cl)cc3)C(=O)N(c3ccc(F)cc3)C2=O)cc1. The van der Waals surface area contributed by atoms with Gasteiger partial charge in [0.15, 0.2) is 0 Å². The first-order valence-corrected chi connectivity index (χ1v) is 10.5. The fourth-order valence-electron chi connectivity index (χ4n) is 3.55. The minimum atomic E-state index is -0.508. The van der Waals surface area contributed by atoms with E-state index in [1.54, 1.807) is 24.3 Å². The van der Waals surface area contributed by atoms with Crippen molar-refractivity contribution >= 4 is 40.4 Å². The average molecular weight is 449 g/mol. The molecule has 0 atom stereocenters. The van der Waals surface area contributed by atoms with Crippen molar-refractivity contribution in [1.82, 2.24) is 0 Å². The van der Waals surface area contributed by atoms with Crippen LogP contribution in [0.15, 0.2) is 78.5 Å². The largest absolute Gasteiger partial charge is 0.350 e. The zero-order valence-electron chi connectivity index (χ0n) is 17.9. The lowest BCUT2D eigenvalue weighted by Crippen LogP contribution is -2.32. The summed E-state index contributed by atoms with van der Waals surface area (Å²) in [5, 5.41) is 3.66. The monoisotopic (exact) mass is 448 g/mol. The Hall–Kier alpha value is -3.44. The van der Waals surface area contributed by atoms with Crippen LogP contribution in [-0.2, 0) is 15.0 Å². The Morgan fingerprint density at radius 2 is 1.41 bits per heavy atom. The molecule has 0 spiro atoms. The fraction of sp³-hybridized carbons (Fsp3) is 0.154.